The third kappa shape index (κ3) is 4.35. The molecule has 21 heavy (non-hydrogen) atoms. The molecule has 2 rings (SSSR count). The Kier molecular flexibility index (Phi) is 4.99. The molecule has 1 unspecified atom stereocenters. The van der Waals surface area contributed by atoms with Gasteiger partial charge in [0.25, 0.3) is 5.91 Å². The molecule has 0 saturated carbocycles. The van der Waals surface area contributed by atoms with Gasteiger partial charge in [-0.2, -0.15) is 0 Å². The van der Waals surface area contributed by atoms with Crippen LogP contribution < -0.4 is 5.32 Å². The van der Waals surface area contributed by atoms with E-state index < -0.39 is 5.97 Å². The van der Waals surface area contributed by atoms with Gasteiger partial charge in [0, 0.05) is 11.4 Å². The Bertz CT molecular complexity index is 611. The number of rotatable bonds is 6. The van der Waals surface area contributed by atoms with E-state index in [1.807, 2.05) is 11.4 Å². The molecule has 2 heterocycles. The van der Waals surface area contributed by atoms with Crippen molar-refractivity contribution < 1.29 is 14.7 Å². The van der Waals surface area contributed by atoms with Gasteiger partial charge in [-0.25, -0.2) is 14.8 Å². The SMILES string of the molecule is CC(CNC(=O)c1cnc(C(=O)O)cn1)Cc1cccs1. The lowest BCUT2D eigenvalue weighted by Gasteiger charge is -2.11. The van der Waals surface area contributed by atoms with Crippen LogP contribution in [0.15, 0.2) is 29.9 Å². The first-order chi connectivity index (χ1) is 10.1. The summed E-state index contributed by atoms with van der Waals surface area (Å²) < 4.78 is 0. The number of hydrogen-bond donors (Lipinski definition) is 2. The number of nitrogens with one attached hydrogen (secondary N) is 1. The molecule has 2 N–H and O–H groups in total. The number of amides is 1. The molecule has 110 valence electrons. The lowest BCUT2D eigenvalue weighted by Crippen LogP contribution is -2.29. The molecule has 0 spiro atoms. The van der Waals surface area contributed by atoms with Gasteiger partial charge in [-0.15, -0.1) is 11.3 Å². The van der Waals surface area contributed by atoms with Crippen LogP contribution in [-0.4, -0.2) is 33.5 Å². The van der Waals surface area contributed by atoms with E-state index >= 15 is 0 Å². The van der Waals surface area contributed by atoms with Crippen LogP contribution in [0.3, 0.4) is 0 Å². The normalized spacial score (nSPS) is 11.9. The summed E-state index contributed by atoms with van der Waals surface area (Å²) in [5, 5.41) is 13.5. The molecule has 1 atom stereocenters. The Morgan fingerprint density at radius 2 is 2.05 bits per heavy atom. The molecular weight excluding hydrogens is 290 g/mol. The minimum atomic E-state index is -1.17. The maximum absolute atomic E-state index is 11.9. The Hall–Kier alpha value is -2.28. The minimum absolute atomic E-state index is 0.114. The zero-order valence-electron chi connectivity index (χ0n) is 11.4. The molecule has 0 aliphatic heterocycles. The molecule has 0 saturated heterocycles. The fourth-order valence-corrected chi connectivity index (χ4v) is 2.63. The Morgan fingerprint density at radius 3 is 2.62 bits per heavy atom. The summed E-state index contributed by atoms with van der Waals surface area (Å²) in [4.78, 5) is 31.3. The van der Waals surface area contributed by atoms with E-state index in [9.17, 15) is 9.59 Å². The topological polar surface area (TPSA) is 92.2 Å². The van der Waals surface area contributed by atoms with Crippen LogP contribution in [0.5, 0.6) is 0 Å². The van der Waals surface area contributed by atoms with E-state index in [2.05, 4.69) is 28.3 Å². The van der Waals surface area contributed by atoms with Gasteiger partial charge < -0.3 is 10.4 Å². The van der Waals surface area contributed by atoms with Gasteiger partial charge in [-0.05, 0) is 23.8 Å². The summed E-state index contributed by atoms with van der Waals surface area (Å²) >= 11 is 1.70. The van der Waals surface area contributed by atoms with E-state index in [0.29, 0.717) is 12.5 Å². The zero-order valence-corrected chi connectivity index (χ0v) is 12.3. The van der Waals surface area contributed by atoms with Crippen LogP contribution in [-0.2, 0) is 6.42 Å². The third-order valence-corrected chi connectivity index (χ3v) is 3.74. The van der Waals surface area contributed by atoms with Crippen molar-refractivity contribution in [1.29, 1.82) is 0 Å². The number of carboxylic acid groups (broad SMARTS) is 1. The van der Waals surface area contributed by atoms with Crippen molar-refractivity contribution >= 4 is 23.2 Å². The Morgan fingerprint density at radius 1 is 1.33 bits per heavy atom. The van der Waals surface area contributed by atoms with E-state index in [4.69, 9.17) is 5.11 Å². The van der Waals surface area contributed by atoms with E-state index in [1.165, 1.54) is 11.1 Å². The van der Waals surface area contributed by atoms with E-state index in [-0.39, 0.29) is 17.3 Å². The van der Waals surface area contributed by atoms with Crippen molar-refractivity contribution in [3.05, 3.63) is 46.2 Å². The molecule has 0 aliphatic rings. The lowest BCUT2D eigenvalue weighted by molar-refractivity contribution is 0.0689. The lowest BCUT2D eigenvalue weighted by atomic mass is 10.1. The molecule has 0 aromatic carbocycles. The van der Waals surface area contributed by atoms with Gasteiger partial charge >= 0.3 is 5.97 Å². The molecule has 0 fully saturated rings. The van der Waals surface area contributed by atoms with Crippen LogP contribution in [0, 0.1) is 5.92 Å². The highest BCUT2D eigenvalue weighted by atomic mass is 32.1. The van der Waals surface area contributed by atoms with Crippen LogP contribution in [0.25, 0.3) is 0 Å². The minimum Gasteiger partial charge on any atom is -0.476 e. The predicted molar refractivity (Wildman–Crippen MR) is 78.5 cm³/mol. The van der Waals surface area contributed by atoms with Crippen molar-refractivity contribution in [1.82, 2.24) is 15.3 Å². The molecule has 2 aromatic rings. The molecule has 0 aliphatic carbocycles. The first kappa shape index (κ1) is 15.1. The average Bonchev–Trinajstić information content (AvgIpc) is 2.97. The summed E-state index contributed by atoms with van der Waals surface area (Å²) in [6.45, 7) is 2.58. The first-order valence-electron chi connectivity index (χ1n) is 6.42. The number of aromatic nitrogens is 2. The maximum Gasteiger partial charge on any atom is 0.356 e. The number of hydrogen-bond acceptors (Lipinski definition) is 5. The average molecular weight is 305 g/mol. The summed E-state index contributed by atoms with van der Waals surface area (Å²) in [5.41, 5.74) is -0.0686. The standard InChI is InChI=1S/C14H15N3O3S/c1-9(5-10-3-2-4-21-10)6-17-13(18)11-7-16-12(8-15-11)14(19)20/h2-4,7-9H,5-6H2,1H3,(H,17,18)(H,19,20). The highest BCUT2D eigenvalue weighted by Gasteiger charge is 2.12. The summed E-state index contributed by atoms with van der Waals surface area (Å²) in [7, 11) is 0. The highest BCUT2D eigenvalue weighted by molar-refractivity contribution is 7.09. The zero-order chi connectivity index (χ0) is 15.2. The van der Waals surface area contributed by atoms with E-state index in [1.54, 1.807) is 11.3 Å². The van der Waals surface area contributed by atoms with Gasteiger partial charge in [0.2, 0.25) is 0 Å². The predicted octanol–water partition coefficient (Wildman–Crippen LogP) is 1.84. The van der Waals surface area contributed by atoms with Crippen molar-refractivity contribution in [2.75, 3.05) is 6.54 Å². The number of nitrogens with zero attached hydrogens (tertiary/aromatic N) is 2. The van der Waals surface area contributed by atoms with Gasteiger partial charge in [0.05, 0.1) is 12.4 Å². The van der Waals surface area contributed by atoms with Crippen LogP contribution in [0.1, 0.15) is 32.8 Å². The van der Waals surface area contributed by atoms with Crippen molar-refractivity contribution in [2.24, 2.45) is 5.92 Å². The first-order valence-corrected chi connectivity index (χ1v) is 7.30. The smallest absolute Gasteiger partial charge is 0.356 e. The molecule has 1 amide bonds. The monoisotopic (exact) mass is 305 g/mol. The summed E-state index contributed by atoms with van der Waals surface area (Å²) in [6, 6.07) is 4.07. The molecule has 0 bridgehead atoms. The Balaban J connectivity index is 1.85. The van der Waals surface area contributed by atoms with Gasteiger partial charge in [-0.1, -0.05) is 13.0 Å². The summed E-state index contributed by atoms with van der Waals surface area (Å²) in [6.07, 6.45) is 3.15. The van der Waals surface area contributed by atoms with Gasteiger partial charge in [-0.3, -0.25) is 4.79 Å². The third-order valence-electron chi connectivity index (χ3n) is 2.84. The molecule has 2 aromatic heterocycles. The van der Waals surface area contributed by atoms with Crippen LogP contribution >= 0.6 is 11.3 Å². The molecule has 7 heteroatoms. The number of aromatic carboxylic acids is 1. The van der Waals surface area contributed by atoms with Crippen molar-refractivity contribution in [3.63, 3.8) is 0 Å². The summed E-state index contributed by atoms with van der Waals surface area (Å²) in [5.74, 6) is -1.21. The molecule has 6 nitrogen and oxygen atoms in total. The van der Waals surface area contributed by atoms with Crippen LogP contribution in [0.4, 0.5) is 0 Å². The second kappa shape index (κ2) is 6.94. The highest BCUT2D eigenvalue weighted by Crippen LogP contribution is 2.13. The second-order valence-corrected chi connectivity index (χ2v) is 5.72. The number of carbonyl (C=O) groups excluding carboxylic acids is 1. The Labute approximate surface area is 125 Å². The van der Waals surface area contributed by atoms with E-state index in [0.717, 1.165) is 12.6 Å². The molecular formula is C14H15N3O3S. The number of thiophene rings is 1. The number of carbonyl (C=O) groups is 2. The quantitative estimate of drug-likeness (QED) is 0.849. The van der Waals surface area contributed by atoms with Crippen LogP contribution in [0.2, 0.25) is 0 Å². The second-order valence-electron chi connectivity index (χ2n) is 4.69. The number of carboxylic acids is 1. The molecule has 0 radical (unpaired) electrons. The van der Waals surface area contributed by atoms with Crippen molar-refractivity contribution in [2.45, 2.75) is 13.3 Å². The van der Waals surface area contributed by atoms with Gasteiger partial charge in [0.1, 0.15) is 5.69 Å². The fraction of sp³-hybridized carbons (Fsp3) is 0.286. The largest absolute Gasteiger partial charge is 0.476 e. The fourth-order valence-electron chi connectivity index (χ4n) is 1.76. The van der Waals surface area contributed by atoms with Gasteiger partial charge in [0.15, 0.2) is 5.69 Å². The van der Waals surface area contributed by atoms with Crippen molar-refractivity contribution in [3.8, 4) is 0 Å². The maximum atomic E-state index is 11.9.